The van der Waals surface area contributed by atoms with Gasteiger partial charge in [0.1, 0.15) is 23.8 Å². The Morgan fingerprint density at radius 2 is 1.97 bits per heavy atom. The summed E-state index contributed by atoms with van der Waals surface area (Å²) in [6, 6.07) is 4.42. The van der Waals surface area contributed by atoms with Crippen molar-refractivity contribution in [3.8, 4) is 5.88 Å². The van der Waals surface area contributed by atoms with Crippen LogP contribution >= 0.6 is 0 Å². The summed E-state index contributed by atoms with van der Waals surface area (Å²) in [6.45, 7) is 3.22. The van der Waals surface area contributed by atoms with Gasteiger partial charge in [0.15, 0.2) is 0 Å². The van der Waals surface area contributed by atoms with Crippen LogP contribution in [0.25, 0.3) is 10.9 Å². The van der Waals surface area contributed by atoms with Gasteiger partial charge in [-0.05, 0) is 36.7 Å². The lowest BCUT2D eigenvalue weighted by molar-refractivity contribution is -0.396. The van der Waals surface area contributed by atoms with Crippen LogP contribution in [-0.2, 0) is 18.3 Å². The summed E-state index contributed by atoms with van der Waals surface area (Å²) in [7, 11) is 1.63. The number of pyridine rings is 2. The van der Waals surface area contributed by atoms with Gasteiger partial charge in [-0.2, -0.15) is 4.98 Å². The third-order valence-electron chi connectivity index (χ3n) is 7.53. The van der Waals surface area contributed by atoms with E-state index in [2.05, 4.69) is 24.8 Å². The lowest BCUT2D eigenvalue weighted by atomic mass is 9.93. The summed E-state index contributed by atoms with van der Waals surface area (Å²) in [5.41, 5.74) is 2.25. The zero-order chi connectivity index (χ0) is 26.8. The number of aromatic nitrogens is 6. The molecule has 39 heavy (non-hydrogen) atoms. The van der Waals surface area contributed by atoms with Crippen LogP contribution in [0.15, 0.2) is 43.2 Å². The van der Waals surface area contributed by atoms with Crippen molar-refractivity contribution in [3.05, 3.63) is 59.1 Å². The van der Waals surface area contributed by atoms with Gasteiger partial charge in [-0.25, -0.2) is 9.55 Å². The van der Waals surface area contributed by atoms with Crippen LogP contribution in [0.2, 0.25) is 0 Å². The minimum atomic E-state index is -0.495. The van der Waals surface area contributed by atoms with Crippen molar-refractivity contribution in [2.75, 3.05) is 36.5 Å². The minimum absolute atomic E-state index is 0.0621. The lowest BCUT2D eigenvalue weighted by Crippen LogP contribution is -2.36. The first-order valence-corrected chi connectivity index (χ1v) is 13.2. The van der Waals surface area contributed by atoms with Crippen LogP contribution in [0.5, 0.6) is 5.88 Å². The number of nitrogens with one attached hydrogen (secondary N) is 1. The Morgan fingerprint density at radius 3 is 2.69 bits per heavy atom. The zero-order valence-electron chi connectivity index (χ0n) is 21.8. The van der Waals surface area contributed by atoms with E-state index >= 15 is 0 Å². The van der Waals surface area contributed by atoms with E-state index in [-0.39, 0.29) is 12.1 Å². The Bertz CT molecular complexity index is 1440. The molecule has 0 bridgehead atoms. The molecule has 0 aromatic carbocycles. The van der Waals surface area contributed by atoms with Crippen molar-refractivity contribution in [2.45, 2.75) is 44.4 Å². The van der Waals surface area contributed by atoms with Crippen molar-refractivity contribution in [2.24, 2.45) is 7.05 Å². The second kappa shape index (κ2) is 10.8. The van der Waals surface area contributed by atoms with Gasteiger partial charge in [-0.1, -0.05) is 4.98 Å². The van der Waals surface area contributed by atoms with Crippen LogP contribution in [0.4, 0.5) is 17.5 Å². The highest BCUT2D eigenvalue weighted by Gasteiger charge is 2.25. The molecule has 6 rings (SSSR count). The quantitative estimate of drug-likeness (QED) is 0.265. The average Bonchev–Trinajstić information content (AvgIpc) is 3.63. The van der Waals surface area contributed by atoms with E-state index in [1.807, 2.05) is 30.9 Å². The van der Waals surface area contributed by atoms with Crippen LogP contribution in [0, 0.1) is 10.1 Å². The molecule has 4 aromatic rings. The Hall–Kier alpha value is -4.26. The molecular weight excluding hydrogens is 502 g/mol. The van der Waals surface area contributed by atoms with Gasteiger partial charge in [0, 0.05) is 37.6 Å². The number of nitro groups is 1. The first kappa shape index (κ1) is 25.0. The largest absolute Gasteiger partial charge is 0.474 e. The molecule has 2 aliphatic rings. The molecule has 4 aromatic heterocycles. The van der Waals surface area contributed by atoms with E-state index in [0.717, 1.165) is 61.2 Å². The number of morpholine rings is 1. The summed E-state index contributed by atoms with van der Waals surface area (Å²) < 4.78 is 15.8. The van der Waals surface area contributed by atoms with Crippen molar-refractivity contribution in [1.29, 1.82) is 0 Å². The molecular formula is C26H31N9O4. The van der Waals surface area contributed by atoms with Gasteiger partial charge in [0.25, 0.3) is 0 Å². The molecule has 13 heteroatoms. The molecule has 0 spiro atoms. The Kier molecular flexibility index (Phi) is 6.97. The monoisotopic (exact) mass is 533 g/mol. The standard InChI is InChI=1S/C26H31N9O4/c1-32-20(16-30-26(32)35(36)37)15-28-18-12-22-23(29-14-18)13-24(33-8-10-38-11-9-33)31-25(22)39-21-4-2-19(3-5-21)34-7-6-27-17-34/h6-7,12-14,16-17,19,21,28H,2-5,8-11,15H2,1H3. The molecule has 1 saturated heterocycles. The maximum Gasteiger partial charge on any atom is 0.434 e. The van der Waals surface area contributed by atoms with Crippen LogP contribution in [0.1, 0.15) is 37.4 Å². The minimum Gasteiger partial charge on any atom is -0.474 e. The number of anilines is 2. The molecule has 0 amide bonds. The lowest BCUT2D eigenvalue weighted by Gasteiger charge is -2.31. The number of hydrogen-bond acceptors (Lipinski definition) is 10. The molecule has 1 N–H and O–H groups in total. The molecule has 1 saturated carbocycles. The van der Waals surface area contributed by atoms with E-state index in [1.54, 1.807) is 13.2 Å². The van der Waals surface area contributed by atoms with Gasteiger partial charge in [-0.3, -0.25) is 4.98 Å². The average molecular weight is 534 g/mol. The summed E-state index contributed by atoms with van der Waals surface area (Å²) in [5.74, 6) is 1.22. The maximum atomic E-state index is 11.1. The molecule has 13 nitrogen and oxygen atoms in total. The molecule has 0 radical (unpaired) electrons. The van der Waals surface area contributed by atoms with Gasteiger partial charge in [0.05, 0.1) is 55.9 Å². The summed E-state index contributed by atoms with van der Waals surface area (Å²) in [5, 5.41) is 15.3. The van der Waals surface area contributed by atoms with Crippen molar-refractivity contribution in [1.82, 2.24) is 29.1 Å². The predicted molar refractivity (Wildman–Crippen MR) is 144 cm³/mol. The van der Waals surface area contributed by atoms with Gasteiger partial charge in [-0.15, -0.1) is 0 Å². The number of ether oxygens (including phenoxy) is 2. The summed E-state index contributed by atoms with van der Waals surface area (Å²) >= 11 is 0. The number of fused-ring (bicyclic) bond motifs is 1. The first-order valence-electron chi connectivity index (χ1n) is 13.2. The third-order valence-corrected chi connectivity index (χ3v) is 7.53. The third kappa shape index (κ3) is 5.35. The SMILES string of the molecule is Cn1c(CNc2cnc3cc(N4CCOCC4)nc(OC4CCC(n5ccnc5)CC4)c3c2)cnc1[N+](=O)[O-]. The second-order valence-electron chi connectivity index (χ2n) is 9.95. The predicted octanol–water partition coefficient (Wildman–Crippen LogP) is 3.48. The number of imidazole rings is 2. The van der Waals surface area contributed by atoms with Gasteiger partial charge < -0.3 is 34.4 Å². The van der Waals surface area contributed by atoms with Crippen molar-refractivity contribution in [3.63, 3.8) is 0 Å². The van der Waals surface area contributed by atoms with Crippen molar-refractivity contribution < 1.29 is 14.4 Å². The summed E-state index contributed by atoms with van der Waals surface area (Å²) in [6.07, 6.45) is 13.0. The van der Waals surface area contributed by atoms with E-state index < -0.39 is 4.92 Å². The fraction of sp³-hybridized carbons (Fsp3) is 0.462. The molecule has 1 aliphatic heterocycles. The molecule has 0 atom stereocenters. The molecule has 204 valence electrons. The molecule has 1 aliphatic carbocycles. The topological polar surface area (TPSA) is 138 Å². The van der Waals surface area contributed by atoms with Crippen LogP contribution in [-0.4, -0.2) is 66.4 Å². The number of nitrogens with zero attached hydrogens (tertiary/aromatic N) is 8. The van der Waals surface area contributed by atoms with Crippen LogP contribution < -0.4 is 15.0 Å². The maximum absolute atomic E-state index is 11.1. The molecule has 5 heterocycles. The smallest absolute Gasteiger partial charge is 0.434 e. The highest BCUT2D eigenvalue weighted by atomic mass is 16.6. The first-order chi connectivity index (χ1) is 19.0. The van der Waals surface area contributed by atoms with E-state index in [9.17, 15) is 10.1 Å². The number of hydrogen-bond donors (Lipinski definition) is 1. The Morgan fingerprint density at radius 1 is 1.15 bits per heavy atom. The Labute approximate surface area is 225 Å². The van der Waals surface area contributed by atoms with E-state index in [1.165, 1.54) is 10.8 Å². The van der Waals surface area contributed by atoms with Gasteiger partial charge in [0.2, 0.25) is 5.88 Å². The van der Waals surface area contributed by atoms with E-state index in [4.69, 9.17) is 19.4 Å². The zero-order valence-corrected chi connectivity index (χ0v) is 21.8. The summed E-state index contributed by atoms with van der Waals surface area (Å²) in [4.78, 5) is 30.6. The van der Waals surface area contributed by atoms with Gasteiger partial charge >= 0.3 is 5.95 Å². The van der Waals surface area contributed by atoms with E-state index in [0.29, 0.717) is 37.4 Å². The molecule has 2 fully saturated rings. The fourth-order valence-electron chi connectivity index (χ4n) is 5.29. The normalized spacial score (nSPS) is 19.8. The van der Waals surface area contributed by atoms with Crippen LogP contribution in [0.3, 0.4) is 0 Å². The highest BCUT2D eigenvalue weighted by Crippen LogP contribution is 2.34. The molecule has 0 unspecified atom stereocenters. The Balaban J connectivity index is 1.24. The van der Waals surface area contributed by atoms with Crippen molar-refractivity contribution >= 4 is 28.4 Å². The second-order valence-corrected chi connectivity index (χ2v) is 9.95. The number of rotatable bonds is 8. The highest BCUT2D eigenvalue weighted by molar-refractivity contribution is 5.88. The fourth-order valence-corrected chi connectivity index (χ4v) is 5.29.